The summed E-state index contributed by atoms with van der Waals surface area (Å²) in [5, 5.41) is 13.2. The van der Waals surface area contributed by atoms with Crippen molar-refractivity contribution in [2.24, 2.45) is 0 Å². The van der Waals surface area contributed by atoms with Crippen molar-refractivity contribution in [1.82, 2.24) is 20.8 Å². The van der Waals surface area contributed by atoms with E-state index in [9.17, 15) is 4.79 Å². The molecule has 6 heteroatoms. The number of hydrogen-bond donors (Lipinski definition) is 3. The van der Waals surface area contributed by atoms with E-state index in [1.807, 2.05) is 33.2 Å². The van der Waals surface area contributed by atoms with Gasteiger partial charge in [-0.25, -0.2) is 4.79 Å². The minimum atomic E-state index is -0.443. The van der Waals surface area contributed by atoms with Crippen LogP contribution in [0.2, 0.25) is 0 Å². The van der Waals surface area contributed by atoms with Crippen LogP contribution in [0.3, 0.4) is 0 Å². The van der Waals surface area contributed by atoms with Crippen molar-refractivity contribution in [2.75, 3.05) is 0 Å². The molecule has 6 nitrogen and oxygen atoms in total. The van der Waals surface area contributed by atoms with Crippen molar-refractivity contribution >= 4 is 6.09 Å². The molecule has 1 aliphatic rings. The maximum Gasteiger partial charge on any atom is 0.407 e. The van der Waals surface area contributed by atoms with Gasteiger partial charge in [0.05, 0.1) is 6.20 Å². The Balaban J connectivity index is 1.66. The Morgan fingerprint density at radius 1 is 1.45 bits per heavy atom. The average Bonchev–Trinajstić information content (AvgIpc) is 2.76. The lowest BCUT2D eigenvalue weighted by Crippen LogP contribution is -2.53. The molecule has 0 spiro atoms. The molecule has 0 aromatic carbocycles. The highest BCUT2D eigenvalue weighted by atomic mass is 16.6. The molecule has 0 aliphatic heterocycles. The molecule has 1 heterocycles. The van der Waals surface area contributed by atoms with E-state index in [0.717, 1.165) is 18.4 Å². The minimum absolute atomic E-state index is 0.207. The smallest absolute Gasteiger partial charge is 0.407 e. The van der Waals surface area contributed by atoms with Gasteiger partial charge in [0.2, 0.25) is 0 Å². The van der Waals surface area contributed by atoms with Crippen LogP contribution in [0.15, 0.2) is 12.4 Å². The van der Waals surface area contributed by atoms with Gasteiger partial charge in [0, 0.05) is 29.9 Å². The van der Waals surface area contributed by atoms with Crippen molar-refractivity contribution in [1.29, 1.82) is 0 Å². The SMILES string of the molecule is CC(NC1CC(NC(=O)OC(C)(C)C)C1)c1cn[nH]c1. The Kier molecular flexibility index (Phi) is 4.32. The fourth-order valence-corrected chi connectivity index (χ4v) is 2.29. The number of aromatic amines is 1. The maximum atomic E-state index is 11.6. The summed E-state index contributed by atoms with van der Waals surface area (Å²) in [5.74, 6) is 0. The predicted molar refractivity (Wildman–Crippen MR) is 76.3 cm³/mol. The number of ether oxygens (including phenoxy) is 1. The van der Waals surface area contributed by atoms with Crippen LogP contribution in [0.25, 0.3) is 0 Å². The topological polar surface area (TPSA) is 79.0 Å². The zero-order chi connectivity index (χ0) is 14.8. The maximum absolute atomic E-state index is 11.6. The first kappa shape index (κ1) is 14.8. The summed E-state index contributed by atoms with van der Waals surface area (Å²) < 4.78 is 5.24. The van der Waals surface area contributed by atoms with Gasteiger partial charge in [-0.15, -0.1) is 0 Å². The first-order valence-corrected chi connectivity index (χ1v) is 7.08. The molecule has 20 heavy (non-hydrogen) atoms. The molecule has 1 saturated carbocycles. The van der Waals surface area contributed by atoms with E-state index >= 15 is 0 Å². The van der Waals surface area contributed by atoms with E-state index in [-0.39, 0.29) is 18.2 Å². The second-order valence-corrected chi connectivity index (χ2v) is 6.43. The van der Waals surface area contributed by atoms with Crippen LogP contribution in [0.1, 0.15) is 52.1 Å². The lowest BCUT2D eigenvalue weighted by molar-refractivity contribution is 0.0463. The Labute approximate surface area is 119 Å². The van der Waals surface area contributed by atoms with Crippen LogP contribution in [0.4, 0.5) is 4.79 Å². The molecule has 1 fully saturated rings. The number of carbonyl (C=O) groups is 1. The second-order valence-electron chi connectivity index (χ2n) is 6.43. The van der Waals surface area contributed by atoms with Gasteiger partial charge in [0.25, 0.3) is 0 Å². The molecule has 0 saturated heterocycles. The predicted octanol–water partition coefficient (Wildman–Crippen LogP) is 2.12. The largest absolute Gasteiger partial charge is 0.444 e. The van der Waals surface area contributed by atoms with Gasteiger partial charge in [0.15, 0.2) is 0 Å². The molecule has 2 rings (SSSR count). The zero-order valence-corrected chi connectivity index (χ0v) is 12.6. The van der Waals surface area contributed by atoms with Crippen molar-refractivity contribution in [2.45, 2.75) is 64.3 Å². The van der Waals surface area contributed by atoms with E-state index in [0.29, 0.717) is 6.04 Å². The van der Waals surface area contributed by atoms with Gasteiger partial charge in [0.1, 0.15) is 5.60 Å². The minimum Gasteiger partial charge on any atom is -0.444 e. The van der Waals surface area contributed by atoms with Crippen LogP contribution in [0.5, 0.6) is 0 Å². The Morgan fingerprint density at radius 3 is 2.70 bits per heavy atom. The van der Waals surface area contributed by atoms with Gasteiger partial charge >= 0.3 is 6.09 Å². The van der Waals surface area contributed by atoms with E-state index in [2.05, 4.69) is 27.8 Å². The molecule has 1 aromatic heterocycles. The van der Waals surface area contributed by atoms with Crippen LogP contribution < -0.4 is 10.6 Å². The third kappa shape index (κ3) is 4.23. The average molecular weight is 280 g/mol. The van der Waals surface area contributed by atoms with Crippen LogP contribution in [0, 0.1) is 0 Å². The zero-order valence-electron chi connectivity index (χ0n) is 12.6. The fourth-order valence-electron chi connectivity index (χ4n) is 2.29. The molecule has 1 amide bonds. The fraction of sp³-hybridized carbons (Fsp3) is 0.714. The summed E-state index contributed by atoms with van der Waals surface area (Å²) in [6, 6.07) is 0.903. The normalized spacial score (nSPS) is 23.8. The summed E-state index contributed by atoms with van der Waals surface area (Å²) in [6.07, 6.45) is 5.26. The van der Waals surface area contributed by atoms with Crippen molar-refractivity contribution in [3.63, 3.8) is 0 Å². The Hall–Kier alpha value is -1.56. The number of H-pyrrole nitrogens is 1. The highest BCUT2D eigenvalue weighted by Crippen LogP contribution is 2.24. The molecule has 1 aromatic rings. The summed E-state index contributed by atoms with van der Waals surface area (Å²) in [4.78, 5) is 11.6. The molecule has 1 aliphatic carbocycles. The summed E-state index contributed by atoms with van der Waals surface area (Å²) in [7, 11) is 0. The number of hydrogen-bond acceptors (Lipinski definition) is 4. The quantitative estimate of drug-likeness (QED) is 0.789. The highest BCUT2D eigenvalue weighted by Gasteiger charge is 2.32. The number of carbonyl (C=O) groups excluding carboxylic acids is 1. The molecule has 0 bridgehead atoms. The molecule has 112 valence electrons. The van der Waals surface area contributed by atoms with E-state index in [1.54, 1.807) is 0 Å². The summed E-state index contributed by atoms with van der Waals surface area (Å²) in [6.45, 7) is 7.71. The van der Waals surface area contributed by atoms with Crippen molar-refractivity contribution in [3.05, 3.63) is 18.0 Å². The Bertz CT molecular complexity index is 433. The van der Waals surface area contributed by atoms with E-state index in [4.69, 9.17) is 4.74 Å². The number of amides is 1. The van der Waals surface area contributed by atoms with Gasteiger partial charge in [-0.3, -0.25) is 5.10 Å². The number of nitrogens with one attached hydrogen (secondary N) is 3. The third-order valence-corrected chi connectivity index (χ3v) is 3.36. The molecule has 1 unspecified atom stereocenters. The first-order chi connectivity index (χ1) is 9.33. The number of rotatable bonds is 4. The first-order valence-electron chi connectivity index (χ1n) is 7.08. The molecule has 0 radical (unpaired) electrons. The molecule has 1 atom stereocenters. The van der Waals surface area contributed by atoms with Crippen LogP contribution in [-0.4, -0.2) is 34.0 Å². The lowest BCUT2D eigenvalue weighted by atomic mass is 9.86. The molecular weight excluding hydrogens is 256 g/mol. The van der Waals surface area contributed by atoms with Gasteiger partial charge in [-0.2, -0.15) is 5.10 Å². The van der Waals surface area contributed by atoms with Crippen molar-refractivity contribution in [3.8, 4) is 0 Å². The van der Waals surface area contributed by atoms with Gasteiger partial charge < -0.3 is 15.4 Å². The molecular formula is C14H24N4O2. The summed E-state index contributed by atoms with van der Waals surface area (Å²) >= 11 is 0. The Morgan fingerprint density at radius 2 is 2.15 bits per heavy atom. The van der Waals surface area contributed by atoms with Crippen LogP contribution >= 0.6 is 0 Å². The highest BCUT2D eigenvalue weighted by molar-refractivity contribution is 5.68. The van der Waals surface area contributed by atoms with Crippen LogP contribution in [-0.2, 0) is 4.74 Å². The second kappa shape index (κ2) is 5.83. The van der Waals surface area contributed by atoms with E-state index in [1.165, 1.54) is 0 Å². The molecule has 3 N–H and O–H groups in total. The van der Waals surface area contributed by atoms with Gasteiger partial charge in [-0.05, 0) is 40.5 Å². The van der Waals surface area contributed by atoms with E-state index < -0.39 is 5.60 Å². The lowest BCUT2D eigenvalue weighted by Gasteiger charge is -2.38. The number of alkyl carbamates (subject to hydrolysis) is 1. The monoisotopic (exact) mass is 280 g/mol. The standard InChI is InChI=1S/C14H24N4O2/c1-9(10-7-15-16-8-10)17-11-5-12(6-11)18-13(19)20-14(2,3)4/h7-9,11-12,17H,5-6H2,1-4H3,(H,15,16)(H,18,19). The van der Waals surface area contributed by atoms with Gasteiger partial charge in [-0.1, -0.05) is 0 Å². The number of nitrogens with zero attached hydrogens (tertiary/aromatic N) is 1. The number of aromatic nitrogens is 2. The summed E-state index contributed by atoms with van der Waals surface area (Å²) in [5.41, 5.74) is 0.704. The van der Waals surface area contributed by atoms with Crippen molar-refractivity contribution < 1.29 is 9.53 Å². The third-order valence-electron chi connectivity index (χ3n) is 3.36.